The molecule has 1 atom stereocenters. The second-order valence-electron chi connectivity index (χ2n) is 9.42. The molecule has 0 spiro atoms. The zero-order chi connectivity index (χ0) is 28.3. The number of anilines is 1. The lowest BCUT2D eigenvalue weighted by atomic mass is 10.1. The third-order valence-corrected chi connectivity index (χ3v) is 7.90. The zero-order valence-corrected chi connectivity index (χ0v) is 23.3. The molecule has 0 aromatic heterocycles. The standard InChI is InChI=1S/C27H39N3O7S/c1-19(2)18-30(38(34,35)23-13-10-21(28)11-14-23)24(27(32)33)7-5-6-16-29-26(31)15-9-20-8-12-22(36-3)17-25(20)37-4/h8,10-14,17,19,24H,5-7,9,15-16,18,28H2,1-4H3,(H,29,31)(H,32,33)/t24-/m0/s1. The second kappa shape index (κ2) is 14.6. The number of sulfonamides is 1. The van der Waals surface area contributed by atoms with Crippen molar-refractivity contribution < 1.29 is 32.6 Å². The van der Waals surface area contributed by atoms with Gasteiger partial charge in [-0.2, -0.15) is 4.31 Å². The quantitative estimate of drug-likeness (QED) is 0.213. The topological polar surface area (TPSA) is 148 Å². The van der Waals surface area contributed by atoms with E-state index < -0.39 is 22.0 Å². The van der Waals surface area contributed by atoms with Crippen LogP contribution in [0.15, 0.2) is 47.4 Å². The van der Waals surface area contributed by atoms with Gasteiger partial charge in [0.05, 0.1) is 19.1 Å². The van der Waals surface area contributed by atoms with Crippen molar-refractivity contribution in [1.82, 2.24) is 9.62 Å². The summed E-state index contributed by atoms with van der Waals surface area (Å²) in [4.78, 5) is 24.4. The Labute approximate surface area is 225 Å². The lowest BCUT2D eigenvalue weighted by molar-refractivity contribution is -0.142. The van der Waals surface area contributed by atoms with Gasteiger partial charge in [0, 0.05) is 31.3 Å². The number of hydrogen-bond acceptors (Lipinski definition) is 7. The maximum Gasteiger partial charge on any atom is 0.322 e. The van der Waals surface area contributed by atoms with Crippen LogP contribution in [-0.2, 0) is 26.0 Å². The molecule has 0 saturated carbocycles. The number of methoxy groups -OCH3 is 2. The van der Waals surface area contributed by atoms with Crippen molar-refractivity contribution >= 4 is 27.6 Å². The van der Waals surface area contributed by atoms with Gasteiger partial charge < -0.3 is 25.6 Å². The highest BCUT2D eigenvalue weighted by molar-refractivity contribution is 7.89. The van der Waals surface area contributed by atoms with Crippen molar-refractivity contribution in [3.05, 3.63) is 48.0 Å². The minimum absolute atomic E-state index is 0.000598. The van der Waals surface area contributed by atoms with Gasteiger partial charge in [0.1, 0.15) is 17.5 Å². The summed E-state index contributed by atoms with van der Waals surface area (Å²) in [5, 5.41) is 12.7. The lowest BCUT2D eigenvalue weighted by Crippen LogP contribution is -2.46. The Morgan fingerprint density at radius 2 is 1.74 bits per heavy atom. The van der Waals surface area contributed by atoms with E-state index >= 15 is 0 Å². The van der Waals surface area contributed by atoms with Crippen LogP contribution in [0, 0.1) is 5.92 Å². The highest BCUT2D eigenvalue weighted by Crippen LogP contribution is 2.26. The number of ether oxygens (including phenoxy) is 2. The first kappa shape index (κ1) is 30.9. The first-order valence-corrected chi connectivity index (χ1v) is 14.0. The van der Waals surface area contributed by atoms with E-state index in [-0.39, 0.29) is 36.1 Å². The van der Waals surface area contributed by atoms with Gasteiger partial charge in [-0.05, 0) is 67.5 Å². The Morgan fingerprint density at radius 1 is 1.05 bits per heavy atom. The summed E-state index contributed by atoms with van der Waals surface area (Å²) >= 11 is 0. The minimum Gasteiger partial charge on any atom is -0.497 e. The molecular weight excluding hydrogens is 510 g/mol. The molecule has 4 N–H and O–H groups in total. The van der Waals surface area contributed by atoms with Crippen LogP contribution in [-0.4, -0.2) is 63.1 Å². The van der Waals surface area contributed by atoms with Gasteiger partial charge in [-0.15, -0.1) is 0 Å². The number of unbranched alkanes of at least 4 members (excludes halogenated alkanes) is 1. The first-order valence-electron chi connectivity index (χ1n) is 12.6. The van der Waals surface area contributed by atoms with E-state index in [0.717, 1.165) is 9.87 Å². The van der Waals surface area contributed by atoms with Crippen molar-refractivity contribution in [2.75, 3.05) is 33.0 Å². The summed E-state index contributed by atoms with van der Waals surface area (Å²) in [6.45, 7) is 4.10. The molecule has 10 nitrogen and oxygen atoms in total. The number of carboxylic acid groups (broad SMARTS) is 1. The molecule has 0 fully saturated rings. The number of nitrogens with one attached hydrogen (secondary N) is 1. The van der Waals surface area contributed by atoms with Crippen LogP contribution >= 0.6 is 0 Å². The summed E-state index contributed by atoms with van der Waals surface area (Å²) in [5.41, 5.74) is 6.99. The molecule has 0 radical (unpaired) electrons. The number of rotatable bonds is 16. The highest BCUT2D eigenvalue weighted by Gasteiger charge is 2.36. The Morgan fingerprint density at radius 3 is 2.32 bits per heavy atom. The molecule has 0 aliphatic rings. The van der Waals surface area contributed by atoms with Crippen molar-refractivity contribution in [3.63, 3.8) is 0 Å². The van der Waals surface area contributed by atoms with E-state index in [1.165, 1.54) is 24.3 Å². The number of nitrogens with zero attached hydrogens (tertiary/aromatic N) is 1. The minimum atomic E-state index is -4.05. The van der Waals surface area contributed by atoms with Crippen molar-refractivity contribution in [2.45, 2.75) is 56.9 Å². The molecule has 0 heterocycles. The number of amides is 1. The molecule has 1 amide bonds. The van der Waals surface area contributed by atoms with Crippen molar-refractivity contribution in [3.8, 4) is 11.5 Å². The van der Waals surface area contributed by atoms with E-state index in [1.54, 1.807) is 20.3 Å². The smallest absolute Gasteiger partial charge is 0.322 e. The van der Waals surface area contributed by atoms with Crippen LogP contribution in [0.25, 0.3) is 0 Å². The number of hydrogen-bond donors (Lipinski definition) is 3. The number of aryl methyl sites for hydroxylation is 1. The first-order chi connectivity index (χ1) is 18.0. The zero-order valence-electron chi connectivity index (χ0n) is 22.5. The monoisotopic (exact) mass is 549 g/mol. The summed E-state index contributed by atoms with van der Waals surface area (Å²) in [5.74, 6) is -0.101. The predicted molar refractivity (Wildman–Crippen MR) is 146 cm³/mol. The van der Waals surface area contributed by atoms with Crippen LogP contribution in [0.1, 0.15) is 45.1 Å². The number of nitrogens with two attached hydrogens (primary N) is 1. The third kappa shape index (κ3) is 8.91. The predicted octanol–water partition coefficient (Wildman–Crippen LogP) is 3.31. The summed E-state index contributed by atoms with van der Waals surface area (Å²) < 4.78 is 38.3. The van der Waals surface area contributed by atoms with Crippen LogP contribution in [0.3, 0.4) is 0 Å². The van der Waals surface area contributed by atoms with Crippen LogP contribution in [0.5, 0.6) is 11.5 Å². The van der Waals surface area contributed by atoms with Crippen LogP contribution in [0.4, 0.5) is 5.69 Å². The fourth-order valence-electron chi connectivity index (χ4n) is 4.00. The summed E-state index contributed by atoms with van der Waals surface area (Å²) in [6, 6.07) is 9.93. The lowest BCUT2D eigenvalue weighted by Gasteiger charge is -2.29. The maximum atomic E-state index is 13.3. The second-order valence-corrected chi connectivity index (χ2v) is 11.3. The number of carbonyl (C=O) groups is 2. The normalized spacial score (nSPS) is 12.4. The van der Waals surface area contributed by atoms with E-state index in [4.69, 9.17) is 15.2 Å². The Kier molecular flexibility index (Phi) is 11.9. The largest absolute Gasteiger partial charge is 0.497 e. The Hall–Kier alpha value is -3.31. The molecule has 2 aromatic rings. The number of aliphatic carboxylic acids is 1. The Balaban J connectivity index is 1.92. The maximum absolute atomic E-state index is 13.3. The molecule has 2 rings (SSSR count). The Bertz CT molecular complexity index is 1170. The molecule has 2 aromatic carbocycles. The average Bonchev–Trinajstić information content (AvgIpc) is 2.88. The summed E-state index contributed by atoms with van der Waals surface area (Å²) in [6.07, 6.45) is 1.82. The summed E-state index contributed by atoms with van der Waals surface area (Å²) in [7, 11) is -0.916. The van der Waals surface area contributed by atoms with Crippen LogP contribution in [0.2, 0.25) is 0 Å². The average molecular weight is 550 g/mol. The van der Waals surface area contributed by atoms with Crippen LogP contribution < -0.4 is 20.5 Å². The molecule has 0 bridgehead atoms. The van der Waals surface area contributed by atoms with E-state index in [2.05, 4.69) is 5.32 Å². The van der Waals surface area contributed by atoms with Gasteiger partial charge in [0.25, 0.3) is 0 Å². The number of carbonyl (C=O) groups excluding carboxylic acids is 1. The van der Waals surface area contributed by atoms with Gasteiger partial charge in [-0.25, -0.2) is 8.42 Å². The van der Waals surface area contributed by atoms with Crippen molar-refractivity contribution in [1.29, 1.82) is 0 Å². The molecule has 38 heavy (non-hydrogen) atoms. The van der Waals surface area contributed by atoms with E-state index in [1.807, 2.05) is 26.0 Å². The molecule has 0 aliphatic carbocycles. The SMILES string of the molecule is COc1ccc(CCC(=O)NCCCC[C@@H](C(=O)O)N(CC(C)C)S(=O)(=O)c2ccc(N)cc2)c(OC)c1. The highest BCUT2D eigenvalue weighted by atomic mass is 32.2. The number of benzene rings is 2. The molecular formula is C27H39N3O7S. The molecule has 0 aliphatic heterocycles. The van der Waals surface area contributed by atoms with E-state index in [9.17, 15) is 23.1 Å². The van der Waals surface area contributed by atoms with Gasteiger partial charge in [-0.3, -0.25) is 9.59 Å². The van der Waals surface area contributed by atoms with Crippen molar-refractivity contribution in [2.24, 2.45) is 5.92 Å². The van der Waals surface area contributed by atoms with Gasteiger partial charge in [-0.1, -0.05) is 19.9 Å². The van der Waals surface area contributed by atoms with Gasteiger partial charge in [0.2, 0.25) is 15.9 Å². The molecule has 0 unspecified atom stereocenters. The fraction of sp³-hybridized carbons (Fsp3) is 0.481. The fourth-order valence-corrected chi connectivity index (χ4v) is 5.78. The molecule has 210 valence electrons. The van der Waals surface area contributed by atoms with Gasteiger partial charge >= 0.3 is 5.97 Å². The van der Waals surface area contributed by atoms with Gasteiger partial charge in [0.15, 0.2) is 0 Å². The molecule has 0 saturated heterocycles. The number of nitrogen functional groups attached to an aromatic ring is 1. The number of carboxylic acids is 1. The third-order valence-electron chi connectivity index (χ3n) is 6.01. The van der Waals surface area contributed by atoms with E-state index in [0.29, 0.717) is 43.0 Å². The molecule has 11 heteroatoms.